The molecule has 94 valence electrons. The Hall–Kier alpha value is -1.03. The second kappa shape index (κ2) is 6.64. The molecule has 1 aromatic carbocycles. The van der Waals surface area contributed by atoms with Crippen molar-refractivity contribution in [2.24, 2.45) is 5.92 Å². The molecule has 1 aromatic rings. The second-order valence-electron chi connectivity index (χ2n) is 4.35. The molecule has 0 aliphatic rings. The third-order valence-corrected chi connectivity index (χ3v) is 3.05. The third kappa shape index (κ3) is 5.22. The number of carbonyl (C=O) groups excluding carboxylic acids is 1. The average molecular weight is 300 g/mol. The van der Waals surface area contributed by atoms with E-state index in [0.29, 0.717) is 11.7 Å². The van der Waals surface area contributed by atoms with E-state index >= 15 is 0 Å². The van der Waals surface area contributed by atoms with Crippen LogP contribution in [0.15, 0.2) is 28.7 Å². The Bertz CT molecular complexity index is 379. The summed E-state index contributed by atoms with van der Waals surface area (Å²) in [5.41, 5.74) is 0. The van der Waals surface area contributed by atoms with Crippen LogP contribution in [0, 0.1) is 5.92 Å². The fourth-order valence-electron chi connectivity index (χ4n) is 1.17. The number of amides is 1. The van der Waals surface area contributed by atoms with E-state index in [2.05, 4.69) is 35.1 Å². The Balaban J connectivity index is 2.38. The maximum absolute atomic E-state index is 11.6. The quantitative estimate of drug-likeness (QED) is 0.908. The molecule has 0 aliphatic heterocycles. The molecule has 0 aromatic heterocycles. The van der Waals surface area contributed by atoms with Crippen LogP contribution in [0.5, 0.6) is 5.75 Å². The van der Waals surface area contributed by atoms with E-state index in [1.165, 1.54) is 0 Å². The van der Waals surface area contributed by atoms with Crippen molar-refractivity contribution in [3.63, 3.8) is 0 Å². The van der Waals surface area contributed by atoms with Crippen LogP contribution in [0.25, 0.3) is 0 Å². The van der Waals surface area contributed by atoms with E-state index in [1.807, 2.05) is 31.2 Å². The number of benzene rings is 1. The van der Waals surface area contributed by atoms with Crippen LogP contribution >= 0.6 is 15.9 Å². The van der Waals surface area contributed by atoms with Crippen LogP contribution in [0.1, 0.15) is 20.8 Å². The van der Waals surface area contributed by atoms with E-state index in [1.54, 1.807) is 0 Å². The molecule has 0 fully saturated rings. The molecule has 0 saturated carbocycles. The fraction of sp³-hybridized carbons (Fsp3) is 0.462. The highest BCUT2D eigenvalue weighted by Crippen LogP contribution is 2.17. The molecule has 1 rings (SSSR count). The molecule has 0 heterocycles. The van der Waals surface area contributed by atoms with Crippen molar-refractivity contribution < 1.29 is 9.53 Å². The van der Waals surface area contributed by atoms with Crippen molar-refractivity contribution in [2.75, 3.05) is 6.61 Å². The number of ether oxygens (including phenoxy) is 1. The van der Waals surface area contributed by atoms with Gasteiger partial charge in [0.1, 0.15) is 5.75 Å². The van der Waals surface area contributed by atoms with Crippen LogP contribution in [-0.2, 0) is 4.79 Å². The first-order valence-corrected chi connectivity index (χ1v) is 6.46. The van der Waals surface area contributed by atoms with Gasteiger partial charge in [-0.05, 0) is 31.0 Å². The Labute approximate surface area is 111 Å². The van der Waals surface area contributed by atoms with Crippen LogP contribution in [0.3, 0.4) is 0 Å². The summed E-state index contributed by atoms with van der Waals surface area (Å²) in [5, 5.41) is 2.89. The SMILES string of the molecule is CC(C)[C@@H](C)NC(=O)COc1cccc(Br)c1. The molecule has 17 heavy (non-hydrogen) atoms. The zero-order valence-electron chi connectivity index (χ0n) is 10.4. The van der Waals surface area contributed by atoms with E-state index in [4.69, 9.17) is 4.74 Å². The number of hydrogen-bond acceptors (Lipinski definition) is 2. The Morgan fingerprint density at radius 2 is 2.12 bits per heavy atom. The highest BCUT2D eigenvalue weighted by atomic mass is 79.9. The minimum Gasteiger partial charge on any atom is -0.484 e. The summed E-state index contributed by atoms with van der Waals surface area (Å²) in [7, 11) is 0. The lowest BCUT2D eigenvalue weighted by Crippen LogP contribution is -2.38. The maximum atomic E-state index is 11.6. The van der Waals surface area contributed by atoms with Crippen LogP contribution in [0.2, 0.25) is 0 Å². The fourth-order valence-corrected chi connectivity index (χ4v) is 1.55. The summed E-state index contributed by atoms with van der Waals surface area (Å²) >= 11 is 3.35. The number of rotatable bonds is 5. The summed E-state index contributed by atoms with van der Waals surface area (Å²) in [6, 6.07) is 7.60. The smallest absolute Gasteiger partial charge is 0.258 e. The molecule has 0 radical (unpaired) electrons. The molecular formula is C13H18BrNO2. The molecule has 4 heteroatoms. The molecule has 1 atom stereocenters. The highest BCUT2D eigenvalue weighted by molar-refractivity contribution is 9.10. The predicted molar refractivity (Wildman–Crippen MR) is 72.1 cm³/mol. The minimum absolute atomic E-state index is 0.0491. The van der Waals surface area contributed by atoms with Gasteiger partial charge in [-0.1, -0.05) is 35.8 Å². The standard InChI is InChI=1S/C13H18BrNO2/c1-9(2)10(3)15-13(16)8-17-12-6-4-5-11(14)7-12/h4-7,9-10H,8H2,1-3H3,(H,15,16)/t10-/m1/s1. The average Bonchev–Trinajstić information content (AvgIpc) is 2.26. The van der Waals surface area contributed by atoms with Gasteiger partial charge >= 0.3 is 0 Å². The molecular weight excluding hydrogens is 282 g/mol. The van der Waals surface area contributed by atoms with Gasteiger partial charge in [0, 0.05) is 10.5 Å². The van der Waals surface area contributed by atoms with Gasteiger partial charge in [-0.15, -0.1) is 0 Å². The molecule has 0 unspecified atom stereocenters. The lowest BCUT2D eigenvalue weighted by atomic mass is 10.1. The topological polar surface area (TPSA) is 38.3 Å². The van der Waals surface area contributed by atoms with E-state index in [0.717, 1.165) is 4.47 Å². The summed E-state index contributed by atoms with van der Waals surface area (Å²) in [4.78, 5) is 11.6. The normalized spacial score (nSPS) is 12.3. The van der Waals surface area contributed by atoms with Gasteiger partial charge < -0.3 is 10.1 Å². The van der Waals surface area contributed by atoms with E-state index in [9.17, 15) is 4.79 Å². The third-order valence-electron chi connectivity index (χ3n) is 2.55. The summed E-state index contributed by atoms with van der Waals surface area (Å²) < 4.78 is 6.32. The van der Waals surface area contributed by atoms with Gasteiger partial charge in [-0.25, -0.2) is 0 Å². The lowest BCUT2D eigenvalue weighted by molar-refractivity contribution is -0.124. The number of hydrogen-bond donors (Lipinski definition) is 1. The van der Waals surface area contributed by atoms with Crippen molar-refractivity contribution in [3.05, 3.63) is 28.7 Å². The minimum atomic E-state index is -0.0915. The molecule has 3 nitrogen and oxygen atoms in total. The van der Waals surface area contributed by atoms with Crippen LogP contribution in [0.4, 0.5) is 0 Å². The number of nitrogens with one attached hydrogen (secondary N) is 1. The molecule has 0 bridgehead atoms. The van der Waals surface area contributed by atoms with Gasteiger partial charge in [0.05, 0.1) is 0 Å². The van der Waals surface area contributed by atoms with Crippen molar-refractivity contribution in [1.29, 1.82) is 0 Å². The highest BCUT2D eigenvalue weighted by Gasteiger charge is 2.10. The van der Waals surface area contributed by atoms with Gasteiger partial charge in [-0.2, -0.15) is 0 Å². The zero-order valence-corrected chi connectivity index (χ0v) is 12.0. The lowest BCUT2D eigenvalue weighted by Gasteiger charge is -2.17. The number of halogens is 1. The first-order chi connectivity index (χ1) is 7.99. The van der Waals surface area contributed by atoms with Gasteiger partial charge in [0.2, 0.25) is 0 Å². The Kier molecular flexibility index (Phi) is 5.48. The van der Waals surface area contributed by atoms with Gasteiger partial charge in [-0.3, -0.25) is 4.79 Å². The zero-order chi connectivity index (χ0) is 12.8. The van der Waals surface area contributed by atoms with Crippen molar-refractivity contribution in [3.8, 4) is 5.75 Å². The number of carbonyl (C=O) groups is 1. The van der Waals surface area contributed by atoms with Crippen molar-refractivity contribution in [1.82, 2.24) is 5.32 Å². The first-order valence-electron chi connectivity index (χ1n) is 5.66. The predicted octanol–water partition coefficient (Wildman–Crippen LogP) is 2.99. The van der Waals surface area contributed by atoms with Crippen molar-refractivity contribution in [2.45, 2.75) is 26.8 Å². The molecule has 0 saturated heterocycles. The van der Waals surface area contributed by atoms with Crippen LogP contribution in [-0.4, -0.2) is 18.6 Å². The first kappa shape index (κ1) is 14.0. The van der Waals surface area contributed by atoms with Crippen LogP contribution < -0.4 is 10.1 Å². The van der Waals surface area contributed by atoms with E-state index < -0.39 is 0 Å². The molecule has 1 N–H and O–H groups in total. The van der Waals surface area contributed by atoms with Gasteiger partial charge in [0.25, 0.3) is 5.91 Å². The van der Waals surface area contributed by atoms with E-state index in [-0.39, 0.29) is 18.6 Å². The second-order valence-corrected chi connectivity index (χ2v) is 5.26. The molecule has 1 amide bonds. The largest absolute Gasteiger partial charge is 0.484 e. The Morgan fingerprint density at radius 1 is 1.41 bits per heavy atom. The molecule has 0 aliphatic carbocycles. The Morgan fingerprint density at radius 3 is 2.71 bits per heavy atom. The van der Waals surface area contributed by atoms with Crippen molar-refractivity contribution >= 4 is 21.8 Å². The summed E-state index contributed by atoms with van der Waals surface area (Å²) in [6.07, 6.45) is 0. The summed E-state index contributed by atoms with van der Waals surface area (Å²) in [5.74, 6) is 1.02. The monoisotopic (exact) mass is 299 g/mol. The maximum Gasteiger partial charge on any atom is 0.258 e. The van der Waals surface area contributed by atoms with Gasteiger partial charge in [0.15, 0.2) is 6.61 Å². The molecule has 0 spiro atoms. The summed E-state index contributed by atoms with van der Waals surface area (Å²) in [6.45, 7) is 6.18.